The SMILES string of the molecule is Cc1ccc(S/C(=C/c2c[nH]c3ccc(Cl)cc23)C(=O)c2ccc(Br)cc2)cc1. The molecule has 0 aliphatic rings. The summed E-state index contributed by atoms with van der Waals surface area (Å²) in [7, 11) is 0. The van der Waals surface area contributed by atoms with Crippen molar-refractivity contribution in [3.05, 3.63) is 104 Å². The molecule has 0 radical (unpaired) electrons. The molecule has 29 heavy (non-hydrogen) atoms. The van der Waals surface area contributed by atoms with E-state index < -0.39 is 0 Å². The zero-order chi connectivity index (χ0) is 20.4. The lowest BCUT2D eigenvalue weighted by Gasteiger charge is -2.08. The molecule has 0 aliphatic heterocycles. The predicted octanol–water partition coefficient (Wildman–Crippen LogP) is 7.91. The summed E-state index contributed by atoms with van der Waals surface area (Å²) in [4.78, 5) is 18.2. The summed E-state index contributed by atoms with van der Waals surface area (Å²) in [6, 6.07) is 21.3. The zero-order valence-corrected chi connectivity index (χ0v) is 18.7. The molecule has 3 aromatic carbocycles. The van der Waals surface area contributed by atoms with E-state index >= 15 is 0 Å². The number of ketones is 1. The average molecular weight is 483 g/mol. The van der Waals surface area contributed by atoms with E-state index in [1.54, 1.807) is 0 Å². The molecule has 0 saturated carbocycles. The number of fused-ring (bicyclic) bond motifs is 1. The van der Waals surface area contributed by atoms with Gasteiger partial charge in [-0.1, -0.05) is 57.0 Å². The van der Waals surface area contributed by atoms with Gasteiger partial charge in [0.1, 0.15) is 0 Å². The van der Waals surface area contributed by atoms with Crippen molar-refractivity contribution in [3.63, 3.8) is 0 Å². The summed E-state index contributed by atoms with van der Waals surface area (Å²) in [6.07, 6.45) is 3.84. The van der Waals surface area contributed by atoms with Gasteiger partial charge in [0.25, 0.3) is 0 Å². The highest BCUT2D eigenvalue weighted by molar-refractivity contribution is 9.10. The lowest BCUT2D eigenvalue weighted by molar-refractivity contribution is 0.104. The molecule has 0 aliphatic carbocycles. The zero-order valence-electron chi connectivity index (χ0n) is 15.6. The fourth-order valence-corrected chi connectivity index (χ4v) is 4.35. The number of carbonyl (C=O) groups excluding carboxylic acids is 1. The standard InChI is InChI=1S/C24H17BrClNOS/c1-15-2-9-20(10-3-15)29-23(24(28)16-4-6-18(25)7-5-16)12-17-14-27-22-11-8-19(26)13-21(17)22/h2-14,27H,1H3/b23-12+. The van der Waals surface area contributed by atoms with Gasteiger partial charge in [0, 0.05) is 42.6 Å². The van der Waals surface area contributed by atoms with E-state index in [1.807, 2.05) is 73.8 Å². The molecule has 0 spiro atoms. The van der Waals surface area contributed by atoms with Crippen LogP contribution in [0.3, 0.4) is 0 Å². The van der Waals surface area contributed by atoms with Gasteiger partial charge in [-0.15, -0.1) is 0 Å². The number of benzene rings is 3. The van der Waals surface area contributed by atoms with Crippen LogP contribution in [0.15, 0.2) is 87.2 Å². The fraction of sp³-hybridized carbons (Fsp3) is 0.0417. The first kappa shape index (κ1) is 20.0. The third-order valence-corrected chi connectivity index (χ3v) is 6.34. The second kappa shape index (κ2) is 8.62. The number of carbonyl (C=O) groups is 1. The van der Waals surface area contributed by atoms with Gasteiger partial charge in [0.05, 0.1) is 4.91 Å². The second-order valence-electron chi connectivity index (χ2n) is 6.69. The highest BCUT2D eigenvalue weighted by Crippen LogP contribution is 2.33. The van der Waals surface area contributed by atoms with Crippen LogP contribution in [-0.2, 0) is 0 Å². The monoisotopic (exact) mass is 481 g/mol. The number of hydrogen-bond acceptors (Lipinski definition) is 2. The normalized spacial score (nSPS) is 11.8. The van der Waals surface area contributed by atoms with Crippen LogP contribution in [0.2, 0.25) is 5.02 Å². The summed E-state index contributed by atoms with van der Waals surface area (Å²) in [5.41, 5.74) is 3.75. The molecule has 0 amide bonds. The van der Waals surface area contributed by atoms with Crippen molar-refractivity contribution in [2.45, 2.75) is 11.8 Å². The Balaban J connectivity index is 1.78. The highest BCUT2D eigenvalue weighted by atomic mass is 79.9. The van der Waals surface area contributed by atoms with Crippen LogP contribution in [0.5, 0.6) is 0 Å². The van der Waals surface area contributed by atoms with Gasteiger partial charge in [0.2, 0.25) is 0 Å². The van der Waals surface area contributed by atoms with Gasteiger partial charge < -0.3 is 4.98 Å². The Labute approximate surface area is 187 Å². The summed E-state index contributed by atoms with van der Waals surface area (Å²) in [5.74, 6) is -0.0144. The van der Waals surface area contributed by atoms with Gasteiger partial charge in [-0.3, -0.25) is 4.79 Å². The lowest BCUT2D eigenvalue weighted by Crippen LogP contribution is -2.00. The molecular formula is C24H17BrClNOS. The van der Waals surface area contributed by atoms with Crippen LogP contribution in [0, 0.1) is 6.92 Å². The van der Waals surface area contributed by atoms with E-state index in [2.05, 4.69) is 33.0 Å². The van der Waals surface area contributed by atoms with E-state index in [0.717, 1.165) is 25.8 Å². The molecule has 0 unspecified atom stereocenters. The van der Waals surface area contributed by atoms with E-state index in [1.165, 1.54) is 17.3 Å². The van der Waals surface area contributed by atoms with Gasteiger partial charge in [-0.05, 0) is 67.6 Å². The van der Waals surface area contributed by atoms with Gasteiger partial charge in [-0.2, -0.15) is 0 Å². The minimum Gasteiger partial charge on any atom is -0.361 e. The van der Waals surface area contributed by atoms with Crippen molar-refractivity contribution in [2.24, 2.45) is 0 Å². The van der Waals surface area contributed by atoms with Crippen molar-refractivity contribution in [1.82, 2.24) is 4.98 Å². The molecule has 1 N–H and O–H groups in total. The Kier molecular flexibility index (Phi) is 5.95. The van der Waals surface area contributed by atoms with Crippen LogP contribution in [0.1, 0.15) is 21.5 Å². The largest absolute Gasteiger partial charge is 0.361 e. The van der Waals surface area contributed by atoms with Gasteiger partial charge in [-0.25, -0.2) is 0 Å². The van der Waals surface area contributed by atoms with Gasteiger partial charge in [0.15, 0.2) is 5.78 Å². The number of allylic oxidation sites excluding steroid dienone is 1. The van der Waals surface area contributed by atoms with E-state index in [9.17, 15) is 4.79 Å². The number of aryl methyl sites for hydroxylation is 1. The number of aromatic nitrogens is 1. The number of H-pyrrole nitrogens is 1. The number of aromatic amines is 1. The molecule has 1 aromatic heterocycles. The Morgan fingerprint density at radius 3 is 2.48 bits per heavy atom. The number of halogens is 2. The highest BCUT2D eigenvalue weighted by Gasteiger charge is 2.15. The van der Waals surface area contributed by atoms with Crippen LogP contribution < -0.4 is 0 Å². The quantitative estimate of drug-likeness (QED) is 0.178. The number of hydrogen-bond donors (Lipinski definition) is 1. The molecule has 4 rings (SSSR count). The number of thioether (sulfide) groups is 1. The van der Waals surface area contributed by atoms with Crippen molar-refractivity contribution < 1.29 is 4.79 Å². The van der Waals surface area contributed by atoms with Crippen molar-refractivity contribution in [2.75, 3.05) is 0 Å². The Hall–Kier alpha value is -2.27. The Bertz CT molecular complexity index is 1210. The van der Waals surface area contributed by atoms with Crippen molar-refractivity contribution in [1.29, 1.82) is 0 Å². The van der Waals surface area contributed by atoms with E-state index in [0.29, 0.717) is 15.5 Å². The van der Waals surface area contributed by atoms with Gasteiger partial charge >= 0.3 is 0 Å². The molecule has 0 saturated heterocycles. The molecule has 4 aromatic rings. The Morgan fingerprint density at radius 1 is 1.03 bits per heavy atom. The molecule has 2 nitrogen and oxygen atoms in total. The smallest absolute Gasteiger partial charge is 0.199 e. The number of Topliss-reactive ketones (excluding diaryl/α,β-unsaturated/α-hetero) is 1. The minimum atomic E-state index is -0.0144. The summed E-state index contributed by atoms with van der Waals surface area (Å²) >= 11 is 11.1. The van der Waals surface area contributed by atoms with Crippen LogP contribution in [0.25, 0.3) is 17.0 Å². The fourth-order valence-electron chi connectivity index (χ4n) is 2.99. The maximum absolute atomic E-state index is 13.3. The molecule has 0 bridgehead atoms. The topological polar surface area (TPSA) is 32.9 Å². The van der Waals surface area contributed by atoms with E-state index in [-0.39, 0.29) is 5.78 Å². The van der Waals surface area contributed by atoms with Crippen LogP contribution >= 0.6 is 39.3 Å². The maximum Gasteiger partial charge on any atom is 0.199 e. The third kappa shape index (κ3) is 4.67. The van der Waals surface area contributed by atoms with Crippen LogP contribution in [-0.4, -0.2) is 10.8 Å². The third-order valence-electron chi connectivity index (χ3n) is 4.54. The molecular weight excluding hydrogens is 466 g/mol. The summed E-state index contributed by atoms with van der Waals surface area (Å²) in [5, 5.41) is 1.65. The number of nitrogens with one attached hydrogen (secondary N) is 1. The summed E-state index contributed by atoms with van der Waals surface area (Å²) in [6.45, 7) is 2.05. The first-order valence-corrected chi connectivity index (χ1v) is 11.0. The summed E-state index contributed by atoms with van der Waals surface area (Å²) < 4.78 is 0.942. The Morgan fingerprint density at radius 2 is 1.76 bits per heavy atom. The first-order chi connectivity index (χ1) is 14.0. The average Bonchev–Trinajstić information content (AvgIpc) is 3.11. The minimum absolute atomic E-state index is 0.0144. The molecule has 5 heteroatoms. The predicted molar refractivity (Wildman–Crippen MR) is 127 cm³/mol. The lowest BCUT2D eigenvalue weighted by atomic mass is 10.1. The molecule has 1 heterocycles. The second-order valence-corrected chi connectivity index (χ2v) is 9.16. The first-order valence-electron chi connectivity index (χ1n) is 9.03. The van der Waals surface area contributed by atoms with Crippen molar-refractivity contribution in [3.8, 4) is 0 Å². The molecule has 144 valence electrons. The maximum atomic E-state index is 13.3. The number of rotatable bonds is 5. The molecule has 0 atom stereocenters. The van der Waals surface area contributed by atoms with E-state index in [4.69, 9.17) is 11.6 Å². The van der Waals surface area contributed by atoms with Crippen molar-refractivity contribution >= 4 is 62.1 Å². The molecule has 0 fully saturated rings. The van der Waals surface area contributed by atoms with Crippen LogP contribution in [0.4, 0.5) is 0 Å².